The van der Waals surface area contributed by atoms with Crippen LogP contribution in [-0.2, 0) is 30.0 Å². The first-order valence-electron chi connectivity index (χ1n) is 10.3. The van der Waals surface area contributed by atoms with E-state index in [1.165, 1.54) is 13.2 Å². The van der Waals surface area contributed by atoms with E-state index in [0.29, 0.717) is 24.5 Å². The van der Waals surface area contributed by atoms with E-state index in [1.807, 2.05) is 0 Å². The van der Waals surface area contributed by atoms with Gasteiger partial charge in [-0.1, -0.05) is 0 Å². The van der Waals surface area contributed by atoms with Crippen molar-refractivity contribution in [3.8, 4) is 6.07 Å². The number of rotatable bonds is 6. The summed E-state index contributed by atoms with van der Waals surface area (Å²) < 4.78 is 72.1. The van der Waals surface area contributed by atoms with Crippen molar-refractivity contribution in [1.29, 1.82) is 5.26 Å². The van der Waals surface area contributed by atoms with Crippen LogP contribution in [0.15, 0.2) is 12.1 Å². The number of alkyl halides is 3. The van der Waals surface area contributed by atoms with Crippen LogP contribution in [0.4, 0.5) is 23.2 Å². The minimum atomic E-state index is -5.18. The molecule has 11 heteroatoms. The number of methoxy groups -OCH3 is 1. The maximum atomic E-state index is 15.0. The highest BCUT2D eigenvalue weighted by atomic mass is 19.4. The van der Waals surface area contributed by atoms with Crippen molar-refractivity contribution in [2.24, 2.45) is 17.8 Å². The van der Waals surface area contributed by atoms with E-state index >= 15 is 4.39 Å². The van der Waals surface area contributed by atoms with E-state index in [0.717, 1.165) is 12.1 Å². The number of amides is 2. The summed E-state index contributed by atoms with van der Waals surface area (Å²) in [7, 11) is 1.53. The summed E-state index contributed by atoms with van der Waals surface area (Å²) in [5.41, 5.74) is -5.71. The number of imide groups is 1. The molecule has 0 unspecified atom stereocenters. The second kappa shape index (κ2) is 7.75. The molecule has 3 aliphatic heterocycles. The number of fused-ring (bicyclic) bond motifs is 5. The van der Waals surface area contributed by atoms with Crippen LogP contribution in [0.5, 0.6) is 0 Å². The zero-order valence-electron chi connectivity index (χ0n) is 18.2. The van der Waals surface area contributed by atoms with Crippen LogP contribution < -0.4 is 4.90 Å². The second-order valence-electron chi connectivity index (χ2n) is 8.97. The van der Waals surface area contributed by atoms with Crippen LogP contribution in [0.3, 0.4) is 0 Å². The van der Waals surface area contributed by atoms with Crippen molar-refractivity contribution in [1.82, 2.24) is 0 Å². The van der Waals surface area contributed by atoms with Crippen molar-refractivity contribution in [3.05, 3.63) is 29.1 Å². The SMILES string of the molecule is COCCOC[C@H]1C[C@]2(C)O[C@@]1(C)[C@H]1C(=O)N(c3ccc(C#N)c(C(F)(F)F)c3F)C(=O)[C@H]12. The third-order valence-electron chi connectivity index (χ3n) is 7.01. The Bertz CT molecular complexity index is 1050. The van der Waals surface area contributed by atoms with Crippen LogP contribution in [0.2, 0.25) is 0 Å². The summed E-state index contributed by atoms with van der Waals surface area (Å²) in [5, 5.41) is 8.98. The number of anilines is 1. The van der Waals surface area contributed by atoms with Crippen LogP contribution >= 0.6 is 0 Å². The van der Waals surface area contributed by atoms with E-state index in [9.17, 15) is 22.8 Å². The Morgan fingerprint density at radius 2 is 1.88 bits per heavy atom. The monoisotopic (exact) mass is 470 g/mol. The van der Waals surface area contributed by atoms with Gasteiger partial charge in [0, 0.05) is 13.0 Å². The lowest BCUT2D eigenvalue weighted by atomic mass is 9.64. The van der Waals surface area contributed by atoms with Gasteiger partial charge in [0.05, 0.1) is 60.2 Å². The van der Waals surface area contributed by atoms with Crippen LogP contribution in [0, 0.1) is 34.9 Å². The lowest BCUT2D eigenvalue weighted by Gasteiger charge is -2.35. The number of carbonyl (C=O) groups is 2. The first-order chi connectivity index (χ1) is 15.4. The van der Waals surface area contributed by atoms with Crippen LogP contribution in [-0.4, -0.2) is 49.9 Å². The summed E-state index contributed by atoms with van der Waals surface area (Å²) in [6, 6.07) is 2.92. The van der Waals surface area contributed by atoms with Gasteiger partial charge in [-0.2, -0.15) is 18.4 Å². The maximum Gasteiger partial charge on any atom is 0.420 e. The summed E-state index contributed by atoms with van der Waals surface area (Å²) in [6.07, 6.45) is -4.79. The van der Waals surface area contributed by atoms with Crippen molar-refractivity contribution in [2.75, 3.05) is 31.8 Å². The standard InChI is InChI=1S/C22H22F4N2O5/c1-20-8-12(10-32-7-6-31-3)21(2,33-20)16-15(20)18(29)28(19(16)30)13-5-4-11(9-27)14(17(13)23)22(24,25)26/h4-5,12,15-16H,6-8,10H2,1-3H3/t12-,15+,16-,20+,21-/m1/s1. The zero-order valence-corrected chi connectivity index (χ0v) is 18.2. The lowest BCUT2D eigenvalue weighted by Crippen LogP contribution is -2.47. The van der Waals surface area contributed by atoms with E-state index < -0.39 is 63.7 Å². The predicted molar refractivity (Wildman–Crippen MR) is 104 cm³/mol. The minimum Gasteiger partial charge on any atom is -0.382 e. The summed E-state index contributed by atoms with van der Waals surface area (Å²) in [6.45, 7) is 4.29. The van der Waals surface area contributed by atoms with E-state index in [-0.39, 0.29) is 12.5 Å². The average molecular weight is 470 g/mol. The molecule has 7 nitrogen and oxygen atoms in total. The number of benzene rings is 1. The normalized spacial score (nSPS) is 33.0. The molecule has 0 spiro atoms. The quantitative estimate of drug-likeness (QED) is 0.361. The molecule has 0 radical (unpaired) electrons. The third-order valence-corrected chi connectivity index (χ3v) is 7.01. The molecule has 0 aromatic heterocycles. The Labute approximate surface area is 187 Å². The molecule has 0 aliphatic carbocycles. The highest BCUT2D eigenvalue weighted by Gasteiger charge is 2.75. The number of halogens is 4. The zero-order chi connectivity index (χ0) is 24.3. The Kier molecular flexibility index (Phi) is 5.54. The summed E-state index contributed by atoms with van der Waals surface area (Å²) in [5.74, 6) is -5.68. The van der Waals surface area contributed by atoms with Gasteiger partial charge in [-0.3, -0.25) is 9.59 Å². The molecule has 0 saturated carbocycles. The van der Waals surface area contributed by atoms with Crippen molar-refractivity contribution in [2.45, 2.75) is 37.6 Å². The van der Waals surface area contributed by atoms with Gasteiger partial charge in [0.15, 0.2) is 5.82 Å². The first-order valence-corrected chi connectivity index (χ1v) is 10.3. The molecule has 5 atom stereocenters. The molecule has 3 fully saturated rings. The number of hydrogen-bond donors (Lipinski definition) is 0. The Morgan fingerprint density at radius 1 is 1.21 bits per heavy atom. The van der Waals surface area contributed by atoms with Gasteiger partial charge in [0.25, 0.3) is 0 Å². The van der Waals surface area contributed by atoms with Crippen molar-refractivity contribution >= 4 is 17.5 Å². The second-order valence-corrected chi connectivity index (χ2v) is 8.97. The van der Waals surface area contributed by atoms with E-state index in [1.54, 1.807) is 13.8 Å². The van der Waals surface area contributed by atoms with Gasteiger partial charge in [-0.15, -0.1) is 0 Å². The van der Waals surface area contributed by atoms with Gasteiger partial charge in [0.2, 0.25) is 11.8 Å². The fourth-order valence-electron chi connectivity index (χ4n) is 5.63. The minimum absolute atomic E-state index is 0.240. The highest BCUT2D eigenvalue weighted by molar-refractivity contribution is 6.23. The third kappa shape index (κ3) is 3.34. The molecule has 3 aliphatic rings. The van der Waals surface area contributed by atoms with E-state index in [2.05, 4.69) is 0 Å². The first kappa shape index (κ1) is 23.6. The lowest BCUT2D eigenvalue weighted by molar-refractivity contribution is -0.140. The number of nitriles is 1. The molecule has 2 bridgehead atoms. The highest BCUT2D eigenvalue weighted by Crippen LogP contribution is 2.63. The van der Waals surface area contributed by atoms with E-state index in [4.69, 9.17) is 19.5 Å². The molecule has 1 aromatic carbocycles. The molecular formula is C22H22F4N2O5. The van der Waals surface area contributed by atoms with Crippen LogP contribution in [0.25, 0.3) is 0 Å². The molecule has 2 amide bonds. The molecule has 178 valence electrons. The fraction of sp³-hybridized carbons (Fsp3) is 0.591. The summed E-state index contributed by atoms with van der Waals surface area (Å²) in [4.78, 5) is 27.1. The van der Waals surface area contributed by atoms with Gasteiger partial charge in [0.1, 0.15) is 5.56 Å². The largest absolute Gasteiger partial charge is 0.420 e. The molecule has 1 aromatic rings. The molecule has 3 heterocycles. The Hall–Kier alpha value is -2.55. The van der Waals surface area contributed by atoms with Gasteiger partial charge in [-0.05, 0) is 32.4 Å². The number of hydrogen-bond acceptors (Lipinski definition) is 6. The Balaban J connectivity index is 1.71. The molecular weight excluding hydrogens is 448 g/mol. The number of carbonyl (C=O) groups excluding carboxylic acids is 2. The van der Waals surface area contributed by atoms with Crippen molar-refractivity contribution in [3.63, 3.8) is 0 Å². The van der Waals surface area contributed by atoms with Crippen molar-refractivity contribution < 1.29 is 41.4 Å². The smallest absolute Gasteiger partial charge is 0.382 e. The molecule has 0 N–H and O–H groups in total. The van der Waals surface area contributed by atoms with Crippen LogP contribution in [0.1, 0.15) is 31.4 Å². The predicted octanol–water partition coefficient (Wildman–Crippen LogP) is 3.05. The fourth-order valence-corrected chi connectivity index (χ4v) is 5.63. The molecule has 3 saturated heterocycles. The Morgan fingerprint density at radius 3 is 2.48 bits per heavy atom. The van der Waals surface area contributed by atoms with Gasteiger partial charge >= 0.3 is 6.18 Å². The summed E-state index contributed by atoms with van der Waals surface area (Å²) >= 11 is 0. The topological polar surface area (TPSA) is 88.9 Å². The molecule has 4 rings (SSSR count). The number of nitrogens with zero attached hydrogens (tertiary/aromatic N) is 2. The number of ether oxygens (including phenoxy) is 3. The van der Waals surface area contributed by atoms with Gasteiger partial charge < -0.3 is 14.2 Å². The maximum absolute atomic E-state index is 15.0. The molecule has 33 heavy (non-hydrogen) atoms. The average Bonchev–Trinajstić information content (AvgIpc) is 3.25. The van der Waals surface area contributed by atoms with Gasteiger partial charge in [-0.25, -0.2) is 9.29 Å².